The molecule has 0 fully saturated rings. The van der Waals surface area contributed by atoms with E-state index in [-0.39, 0.29) is 29.6 Å². The van der Waals surface area contributed by atoms with Crippen molar-refractivity contribution < 1.29 is 29.6 Å². The predicted octanol–water partition coefficient (Wildman–Crippen LogP) is -0.910. The van der Waals surface area contributed by atoms with Gasteiger partial charge in [-0.1, -0.05) is 6.92 Å². The fourth-order valence-corrected chi connectivity index (χ4v) is 0.650. The summed E-state index contributed by atoms with van der Waals surface area (Å²) in [5, 5.41) is 0. The maximum absolute atomic E-state index is 3.19. The molecule has 0 saturated carbocycles. The molecule has 0 radical (unpaired) electrons. The summed E-state index contributed by atoms with van der Waals surface area (Å²) in [7, 11) is 0. The van der Waals surface area contributed by atoms with Crippen molar-refractivity contribution in [2.75, 3.05) is 0 Å². The van der Waals surface area contributed by atoms with E-state index in [2.05, 4.69) is 26.0 Å². The molecule has 0 atom stereocenters. The third-order valence-electron chi connectivity index (χ3n) is 1.37. The second kappa shape index (κ2) is 3.49. The van der Waals surface area contributed by atoms with Gasteiger partial charge in [-0.05, 0) is 0 Å². The standard InChI is InChI=1S/C7H9.Na/c1-6-4-3-5-7(6)2;/h4H,3H2,1-2H3;/q-1;+1. The van der Waals surface area contributed by atoms with Crippen molar-refractivity contribution in [1.29, 1.82) is 0 Å². The smallest absolute Gasteiger partial charge is 0.270 e. The molecule has 0 N–H and O–H groups in total. The van der Waals surface area contributed by atoms with Crippen molar-refractivity contribution in [3.05, 3.63) is 23.3 Å². The summed E-state index contributed by atoms with van der Waals surface area (Å²) in [6.07, 6.45) is 6.41. The molecule has 1 aliphatic carbocycles. The minimum atomic E-state index is 0. The van der Waals surface area contributed by atoms with Gasteiger partial charge in [0.15, 0.2) is 0 Å². The van der Waals surface area contributed by atoms with Gasteiger partial charge in [-0.3, -0.25) is 6.08 Å². The van der Waals surface area contributed by atoms with E-state index >= 15 is 0 Å². The Labute approximate surface area is 73.0 Å². The summed E-state index contributed by atoms with van der Waals surface area (Å²) in [5.41, 5.74) is 2.71. The van der Waals surface area contributed by atoms with E-state index in [1.165, 1.54) is 11.1 Å². The monoisotopic (exact) mass is 116 g/mol. The summed E-state index contributed by atoms with van der Waals surface area (Å²) in [5.74, 6) is 0. The zero-order valence-corrected chi connectivity index (χ0v) is 7.78. The van der Waals surface area contributed by atoms with Gasteiger partial charge in [-0.25, -0.2) is 11.1 Å². The first kappa shape index (κ1) is 8.48. The zero-order valence-electron chi connectivity index (χ0n) is 5.78. The number of hydrogen-bond acceptors (Lipinski definition) is 0. The van der Waals surface area contributed by atoms with Crippen molar-refractivity contribution in [3.8, 4) is 0 Å². The van der Waals surface area contributed by atoms with Crippen LogP contribution in [0.5, 0.6) is 0 Å². The van der Waals surface area contributed by atoms with Crippen LogP contribution in [0.15, 0.2) is 17.2 Å². The molecule has 0 aromatic rings. The first-order valence-corrected chi connectivity index (χ1v) is 2.55. The van der Waals surface area contributed by atoms with Crippen molar-refractivity contribution in [2.24, 2.45) is 0 Å². The van der Waals surface area contributed by atoms with E-state index in [0.29, 0.717) is 0 Å². The Morgan fingerprint density at radius 2 is 2.12 bits per heavy atom. The summed E-state index contributed by atoms with van der Waals surface area (Å²) in [4.78, 5) is 0. The van der Waals surface area contributed by atoms with Crippen LogP contribution in [0.2, 0.25) is 0 Å². The Hall–Kier alpha value is 0.480. The van der Waals surface area contributed by atoms with Gasteiger partial charge in [0.25, 0.3) is 0 Å². The van der Waals surface area contributed by atoms with E-state index in [1.54, 1.807) is 0 Å². The largest absolute Gasteiger partial charge is 1.00 e. The maximum Gasteiger partial charge on any atom is 1.00 e. The fraction of sp³-hybridized carbons (Fsp3) is 0.429. The van der Waals surface area contributed by atoms with Gasteiger partial charge in [-0.2, -0.15) is 6.08 Å². The van der Waals surface area contributed by atoms with Gasteiger partial charge in [0, 0.05) is 0 Å². The second-order valence-electron chi connectivity index (χ2n) is 1.89. The maximum atomic E-state index is 3.19. The molecule has 1 rings (SSSR count). The van der Waals surface area contributed by atoms with Crippen LogP contribution in [0.1, 0.15) is 20.3 Å². The quantitative estimate of drug-likeness (QED) is 0.284. The normalized spacial score (nSPS) is 16.8. The van der Waals surface area contributed by atoms with Gasteiger partial charge in [0.05, 0.1) is 0 Å². The Morgan fingerprint density at radius 3 is 2.25 bits per heavy atom. The Kier molecular flexibility index (Phi) is 3.70. The average Bonchev–Trinajstić information content (AvgIpc) is 1.91. The molecular weight excluding hydrogens is 107 g/mol. The number of allylic oxidation sites excluding steroid dienone is 4. The van der Waals surface area contributed by atoms with Gasteiger partial charge in [-0.15, -0.1) is 13.3 Å². The molecular formula is C7H9Na. The van der Waals surface area contributed by atoms with E-state index in [1.807, 2.05) is 0 Å². The van der Waals surface area contributed by atoms with Crippen molar-refractivity contribution in [2.45, 2.75) is 20.3 Å². The number of rotatable bonds is 0. The van der Waals surface area contributed by atoms with Crippen LogP contribution in [0, 0.1) is 6.08 Å². The van der Waals surface area contributed by atoms with Gasteiger partial charge in [0.2, 0.25) is 0 Å². The van der Waals surface area contributed by atoms with Gasteiger partial charge >= 0.3 is 29.6 Å². The third-order valence-corrected chi connectivity index (χ3v) is 1.37. The van der Waals surface area contributed by atoms with Crippen molar-refractivity contribution in [1.82, 2.24) is 0 Å². The molecule has 1 aliphatic rings. The van der Waals surface area contributed by atoms with Crippen LogP contribution < -0.4 is 29.6 Å². The van der Waals surface area contributed by atoms with Crippen molar-refractivity contribution >= 4 is 0 Å². The molecule has 0 nitrogen and oxygen atoms in total. The Morgan fingerprint density at radius 1 is 1.50 bits per heavy atom. The summed E-state index contributed by atoms with van der Waals surface area (Å²) in [6, 6.07) is 0. The SMILES string of the molecule is CC1=[C-]CC=C1C.[Na+]. The van der Waals surface area contributed by atoms with Crippen LogP contribution >= 0.6 is 0 Å². The summed E-state index contributed by atoms with van der Waals surface area (Å²) in [6.45, 7) is 4.22. The van der Waals surface area contributed by atoms with Gasteiger partial charge < -0.3 is 0 Å². The van der Waals surface area contributed by atoms with Crippen LogP contribution in [0.3, 0.4) is 0 Å². The molecule has 38 valence electrons. The molecule has 0 unspecified atom stereocenters. The van der Waals surface area contributed by atoms with Crippen LogP contribution in [0.4, 0.5) is 0 Å². The molecule has 0 spiro atoms. The first-order valence-electron chi connectivity index (χ1n) is 2.55. The molecule has 1 heteroatoms. The minimum Gasteiger partial charge on any atom is -0.270 e. The molecule has 0 aromatic carbocycles. The molecule has 0 aromatic heterocycles. The molecule has 0 amide bonds. The van der Waals surface area contributed by atoms with Crippen LogP contribution in [-0.4, -0.2) is 0 Å². The van der Waals surface area contributed by atoms with E-state index in [0.717, 1.165) is 6.42 Å². The second-order valence-corrected chi connectivity index (χ2v) is 1.89. The number of hydrogen-bond donors (Lipinski definition) is 0. The molecule has 8 heavy (non-hydrogen) atoms. The Balaban J connectivity index is 0.000000490. The molecule has 0 bridgehead atoms. The van der Waals surface area contributed by atoms with Crippen LogP contribution in [-0.2, 0) is 0 Å². The molecule has 0 heterocycles. The van der Waals surface area contributed by atoms with E-state index < -0.39 is 0 Å². The minimum absolute atomic E-state index is 0. The third kappa shape index (κ3) is 1.77. The van der Waals surface area contributed by atoms with Gasteiger partial charge in [0.1, 0.15) is 0 Å². The molecule has 0 saturated heterocycles. The summed E-state index contributed by atoms with van der Waals surface area (Å²) < 4.78 is 0. The Bertz CT molecular complexity index is 115. The predicted molar refractivity (Wildman–Crippen MR) is 30.8 cm³/mol. The van der Waals surface area contributed by atoms with E-state index in [4.69, 9.17) is 0 Å². The first-order chi connectivity index (χ1) is 3.30. The average molecular weight is 116 g/mol. The summed E-state index contributed by atoms with van der Waals surface area (Å²) >= 11 is 0. The van der Waals surface area contributed by atoms with Crippen LogP contribution in [0.25, 0.3) is 0 Å². The van der Waals surface area contributed by atoms with E-state index in [9.17, 15) is 0 Å². The topological polar surface area (TPSA) is 0 Å². The fourth-order valence-electron chi connectivity index (χ4n) is 0.650. The molecule has 0 aliphatic heterocycles. The zero-order chi connectivity index (χ0) is 5.28. The van der Waals surface area contributed by atoms with Crippen molar-refractivity contribution in [3.63, 3.8) is 0 Å².